The highest BCUT2D eigenvalue weighted by molar-refractivity contribution is 4.77. The quantitative estimate of drug-likeness (QED) is 0.743. The molecule has 0 spiro atoms. The highest BCUT2D eigenvalue weighted by Gasteiger charge is 2.19. The van der Waals surface area contributed by atoms with Gasteiger partial charge in [-0.3, -0.25) is 0 Å². The van der Waals surface area contributed by atoms with Crippen LogP contribution in [0.2, 0.25) is 0 Å². The number of piperidine rings is 1. The molecule has 2 heteroatoms. The summed E-state index contributed by atoms with van der Waals surface area (Å²) in [6, 6.07) is 0.817. The fraction of sp³-hybridized carbons (Fsp3) is 1.00. The van der Waals surface area contributed by atoms with Crippen LogP contribution in [0.15, 0.2) is 0 Å². The molecule has 14 heavy (non-hydrogen) atoms. The van der Waals surface area contributed by atoms with Gasteiger partial charge in [-0.2, -0.15) is 0 Å². The molecule has 1 N–H and O–H groups in total. The Morgan fingerprint density at radius 2 is 1.79 bits per heavy atom. The molecule has 0 amide bonds. The molecule has 1 rings (SSSR count). The minimum Gasteiger partial charge on any atom is -0.317 e. The van der Waals surface area contributed by atoms with Gasteiger partial charge >= 0.3 is 0 Å². The maximum absolute atomic E-state index is 3.42. The molecule has 1 atom stereocenters. The summed E-state index contributed by atoms with van der Waals surface area (Å²) in [5.74, 6) is 1.62. The largest absolute Gasteiger partial charge is 0.317 e. The van der Waals surface area contributed by atoms with Crippen LogP contribution >= 0.6 is 0 Å². The molecule has 0 aliphatic carbocycles. The van der Waals surface area contributed by atoms with E-state index in [1.54, 1.807) is 0 Å². The fourth-order valence-electron chi connectivity index (χ4n) is 2.06. The summed E-state index contributed by atoms with van der Waals surface area (Å²) in [6.45, 7) is 10.7. The molecular formula is C12H26N2. The zero-order valence-corrected chi connectivity index (χ0v) is 10.2. The number of hydrogen-bond acceptors (Lipinski definition) is 2. The van der Waals surface area contributed by atoms with E-state index in [0.29, 0.717) is 0 Å². The van der Waals surface area contributed by atoms with E-state index < -0.39 is 0 Å². The number of rotatable bonds is 4. The van der Waals surface area contributed by atoms with Crippen molar-refractivity contribution in [3.8, 4) is 0 Å². The maximum Gasteiger partial charge on any atom is 0.0116 e. The zero-order valence-electron chi connectivity index (χ0n) is 10.2. The Kier molecular flexibility index (Phi) is 4.90. The van der Waals surface area contributed by atoms with Crippen molar-refractivity contribution in [1.29, 1.82) is 0 Å². The van der Waals surface area contributed by atoms with Crippen molar-refractivity contribution < 1.29 is 0 Å². The predicted octanol–water partition coefficient (Wildman–Crippen LogP) is 1.96. The van der Waals surface area contributed by atoms with Gasteiger partial charge in [-0.15, -0.1) is 0 Å². The molecule has 0 saturated carbocycles. The van der Waals surface area contributed by atoms with Crippen molar-refractivity contribution in [1.82, 2.24) is 10.2 Å². The highest BCUT2D eigenvalue weighted by atomic mass is 15.1. The zero-order chi connectivity index (χ0) is 10.6. The van der Waals surface area contributed by atoms with Gasteiger partial charge in [0.05, 0.1) is 0 Å². The second-order valence-corrected chi connectivity index (χ2v) is 5.14. The van der Waals surface area contributed by atoms with Crippen molar-refractivity contribution in [2.75, 3.05) is 26.7 Å². The van der Waals surface area contributed by atoms with Crippen LogP contribution in [0.5, 0.6) is 0 Å². The smallest absolute Gasteiger partial charge is 0.0116 e. The Hall–Kier alpha value is -0.0800. The molecule has 1 fully saturated rings. The van der Waals surface area contributed by atoms with Crippen LogP contribution in [0.25, 0.3) is 0 Å². The Morgan fingerprint density at radius 3 is 2.29 bits per heavy atom. The van der Waals surface area contributed by atoms with Crippen LogP contribution in [0.1, 0.15) is 33.6 Å². The summed E-state index contributed by atoms with van der Waals surface area (Å²) in [4.78, 5) is 2.56. The number of nitrogens with one attached hydrogen (secondary N) is 1. The van der Waals surface area contributed by atoms with Crippen LogP contribution in [-0.2, 0) is 0 Å². The van der Waals surface area contributed by atoms with Gasteiger partial charge in [0.2, 0.25) is 0 Å². The molecule has 0 radical (unpaired) electrons. The highest BCUT2D eigenvalue weighted by Crippen LogP contribution is 2.15. The molecule has 0 bridgehead atoms. The van der Waals surface area contributed by atoms with Crippen LogP contribution in [0, 0.1) is 11.8 Å². The Morgan fingerprint density at radius 1 is 1.21 bits per heavy atom. The molecule has 0 aromatic carbocycles. The summed E-state index contributed by atoms with van der Waals surface area (Å²) >= 11 is 0. The van der Waals surface area contributed by atoms with Gasteiger partial charge < -0.3 is 10.2 Å². The van der Waals surface area contributed by atoms with Gasteiger partial charge in [-0.1, -0.05) is 20.8 Å². The molecule has 1 unspecified atom stereocenters. The topological polar surface area (TPSA) is 15.3 Å². The summed E-state index contributed by atoms with van der Waals surface area (Å²) in [6.07, 6.45) is 2.64. The van der Waals surface area contributed by atoms with Crippen molar-refractivity contribution in [3.05, 3.63) is 0 Å². The van der Waals surface area contributed by atoms with E-state index in [-0.39, 0.29) is 0 Å². The number of nitrogens with zero attached hydrogens (tertiary/aromatic N) is 1. The number of hydrogen-bond donors (Lipinski definition) is 1. The molecular weight excluding hydrogens is 172 g/mol. The van der Waals surface area contributed by atoms with Crippen molar-refractivity contribution in [2.45, 2.75) is 39.7 Å². The Labute approximate surface area is 89.1 Å². The first-order valence-corrected chi connectivity index (χ1v) is 6.02. The van der Waals surface area contributed by atoms with Gasteiger partial charge in [0, 0.05) is 12.6 Å². The van der Waals surface area contributed by atoms with E-state index in [2.05, 4.69) is 38.0 Å². The van der Waals surface area contributed by atoms with E-state index in [0.717, 1.165) is 17.9 Å². The van der Waals surface area contributed by atoms with Gasteiger partial charge in [-0.25, -0.2) is 0 Å². The lowest BCUT2D eigenvalue weighted by atomic mass is 9.96. The third-order valence-corrected chi connectivity index (χ3v) is 3.65. The van der Waals surface area contributed by atoms with E-state index in [1.165, 1.54) is 32.5 Å². The standard InChI is InChI=1S/C12H26N2/c1-10(2)11(3)9-14(4)12-5-7-13-8-6-12/h10-13H,5-9H2,1-4H3. The normalized spacial score (nSPS) is 21.9. The first kappa shape index (κ1) is 12.0. The van der Waals surface area contributed by atoms with E-state index >= 15 is 0 Å². The Bertz CT molecular complexity index is 150. The first-order chi connectivity index (χ1) is 6.61. The van der Waals surface area contributed by atoms with Gasteiger partial charge in [0.1, 0.15) is 0 Å². The molecule has 1 aliphatic rings. The average molecular weight is 198 g/mol. The molecule has 1 heterocycles. The lowest BCUT2D eigenvalue weighted by Crippen LogP contribution is -2.43. The second-order valence-electron chi connectivity index (χ2n) is 5.14. The first-order valence-electron chi connectivity index (χ1n) is 6.02. The SMILES string of the molecule is CC(C)C(C)CN(C)C1CCNCC1. The second kappa shape index (κ2) is 5.72. The summed E-state index contributed by atoms with van der Waals surface area (Å²) in [7, 11) is 2.29. The minimum absolute atomic E-state index is 0.805. The lowest BCUT2D eigenvalue weighted by molar-refractivity contribution is 0.161. The average Bonchev–Trinajstić information content (AvgIpc) is 2.19. The third kappa shape index (κ3) is 3.58. The van der Waals surface area contributed by atoms with Crippen molar-refractivity contribution in [2.24, 2.45) is 11.8 Å². The van der Waals surface area contributed by atoms with Crippen LogP contribution in [0.4, 0.5) is 0 Å². The van der Waals surface area contributed by atoms with Crippen LogP contribution in [0.3, 0.4) is 0 Å². The lowest BCUT2D eigenvalue weighted by Gasteiger charge is -2.34. The van der Waals surface area contributed by atoms with Crippen molar-refractivity contribution in [3.63, 3.8) is 0 Å². The monoisotopic (exact) mass is 198 g/mol. The molecule has 2 nitrogen and oxygen atoms in total. The maximum atomic E-state index is 3.42. The fourth-order valence-corrected chi connectivity index (χ4v) is 2.06. The third-order valence-electron chi connectivity index (χ3n) is 3.65. The summed E-state index contributed by atoms with van der Waals surface area (Å²) < 4.78 is 0. The predicted molar refractivity (Wildman–Crippen MR) is 62.5 cm³/mol. The van der Waals surface area contributed by atoms with Gasteiger partial charge in [-0.05, 0) is 44.8 Å². The van der Waals surface area contributed by atoms with Crippen molar-refractivity contribution >= 4 is 0 Å². The Balaban J connectivity index is 2.28. The molecule has 0 aromatic rings. The van der Waals surface area contributed by atoms with Gasteiger partial charge in [0.15, 0.2) is 0 Å². The van der Waals surface area contributed by atoms with E-state index in [9.17, 15) is 0 Å². The summed E-state index contributed by atoms with van der Waals surface area (Å²) in [5, 5.41) is 3.42. The molecule has 1 aliphatic heterocycles. The minimum atomic E-state index is 0.805. The summed E-state index contributed by atoms with van der Waals surface area (Å²) in [5.41, 5.74) is 0. The molecule has 0 aromatic heterocycles. The van der Waals surface area contributed by atoms with Gasteiger partial charge in [0.25, 0.3) is 0 Å². The molecule has 1 saturated heterocycles. The molecule has 84 valence electrons. The van der Waals surface area contributed by atoms with Crippen LogP contribution in [-0.4, -0.2) is 37.6 Å². The van der Waals surface area contributed by atoms with E-state index in [1.807, 2.05) is 0 Å². The van der Waals surface area contributed by atoms with Crippen LogP contribution < -0.4 is 5.32 Å². The van der Waals surface area contributed by atoms with E-state index in [4.69, 9.17) is 0 Å².